The predicted octanol–water partition coefficient (Wildman–Crippen LogP) is 10.4. The Bertz CT molecular complexity index is 1070. The van der Waals surface area contributed by atoms with Crippen LogP contribution in [-0.4, -0.2) is 135 Å². The number of rotatable bonds is 12. The Balaban J connectivity index is 0.000000390. The van der Waals surface area contributed by atoms with Crippen molar-refractivity contribution in [2.45, 2.75) is 285 Å². The summed E-state index contributed by atoms with van der Waals surface area (Å²) in [6, 6.07) is 3.38. The molecule has 2 amide bonds. The van der Waals surface area contributed by atoms with Crippen LogP contribution in [0.4, 0.5) is 0 Å². The number of nitrogens with zero attached hydrogens (tertiary/aromatic N) is 2. The van der Waals surface area contributed by atoms with Crippen LogP contribution < -0.4 is 21.3 Å². The van der Waals surface area contributed by atoms with Crippen molar-refractivity contribution in [2.75, 3.05) is 46.8 Å². The van der Waals surface area contributed by atoms with Crippen LogP contribution in [0.15, 0.2) is 0 Å². The lowest BCUT2D eigenvalue weighted by molar-refractivity contribution is -0.128. The third kappa shape index (κ3) is 35.4. The topological polar surface area (TPSA) is 116 Å². The molecule has 0 bridgehead atoms. The zero-order valence-corrected chi connectivity index (χ0v) is 45.2. The maximum absolute atomic E-state index is 11.3. The minimum Gasteiger partial charge on any atom is -0.376 e. The molecule has 3 aliphatic carbocycles. The van der Waals surface area contributed by atoms with E-state index in [9.17, 15) is 9.59 Å². The Hall–Kier alpha value is -1.34. The molecule has 4 N–H and O–H groups in total. The summed E-state index contributed by atoms with van der Waals surface area (Å²) in [5.41, 5.74) is 0. The average Bonchev–Trinajstić information content (AvgIpc) is 3.24. The van der Waals surface area contributed by atoms with Gasteiger partial charge in [0.25, 0.3) is 0 Å². The first-order chi connectivity index (χ1) is 30.8. The molecule has 1 unspecified atom stereocenters. The highest BCUT2D eigenvalue weighted by molar-refractivity contribution is 5.78. The summed E-state index contributed by atoms with van der Waals surface area (Å²) >= 11 is 0. The van der Waals surface area contributed by atoms with E-state index in [2.05, 4.69) is 101 Å². The molecule has 11 nitrogen and oxygen atoms in total. The Morgan fingerprint density at radius 1 is 0.492 bits per heavy atom. The molecule has 6 rings (SSSR count). The second kappa shape index (κ2) is 37.5. The smallest absolute Gasteiger partial charge is 0.222 e. The number of hydrogen-bond acceptors (Lipinski definition) is 9. The molecule has 6 fully saturated rings. The summed E-state index contributed by atoms with van der Waals surface area (Å²) < 4.78 is 16.9. The summed E-state index contributed by atoms with van der Waals surface area (Å²) in [6.45, 7) is 30.9. The van der Waals surface area contributed by atoms with Crippen molar-refractivity contribution in [3.8, 4) is 0 Å². The second-order valence-corrected chi connectivity index (χ2v) is 21.8. The van der Waals surface area contributed by atoms with Crippen molar-refractivity contribution in [3.05, 3.63) is 0 Å². The predicted molar refractivity (Wildman–Crippen MR) is 276 cm³/mol. The SMILES string of the molecule is CC(C)C(=O)NC1CCCCC1.CC(C)NC1CCCCC1.CC(C)NC1CCN(C)CC1.CC(C)OC1CCCCC1.CC(C)OC1CCN(C)CC1.CC(C)OC1CCNC(=O)C1. The first kappa shape index (κ1) is 61.7. The molecule has 0 aromatic rings. The summed E-state index contributed by atoms with van der Waals surface area (Å²) in [5.74, 6) is 0.454. The zero-order chi connectivity index (χ0) is 48.6. The summed E-state index contributed by atoms with van der Waals surface area (Å²) in [4.78, 5) is 26.9. The fourth-order valence-electron chi connectivity index (χ4n) is 9.35. The lowest BCUT2D eigenvalue weighted by Crippen LogP contribution is -2.43. The summed E-state index contributed by atoms with van der Waals surface area (Å²) in [7, 11) is 4.37. The Morgan fingerprint density at radius 3 is 1.26 bits per heavy atom. The summed E-state index contributed by atoms with van der Waals surface area (Å²) in [5, 5.41) is 13.0. The fourth-order valence-corrected chi connectivity index (χ4v) is 9.35. The largest absolute Gasteiger partial charge is 0.376 e. The third-order valence-electron chi connectivity index (χ3n) is 12.8. The van der Waals surface area contributed by atoms with Crippen molar-refractivity contribution in [1.82, 2.24) is 31.1 Å². The third-order valence-corrected chi connectivity index (χ3v) is 12.8. The minimum atomic E-state index is 0.113. The molecule has 3 saturated heterocycles. The molecule has 0 spiro atoms. The Labute approximate surface area is 402 Å². The lowest BCUT2D eigenvalue weighted by Gasteiger charge is -2.30. The molecule has 0 aromatic heterocycles. The maximum atomic E-state index is 11.3. The van der Waals surface area contributed by atoms with Crippen molar-refractivity contribution >= 4 is 11.8 Å². The molecule has 1 atom stereocenters. The van der Waals surface area contributed by atoms with Gasteiger partial charge < -0.3 is 45.3 Å². The molecular weight excluding hydrogens is 813 g/mol. The van der Waals surface area contributed by atoms with Gasteiger partial charge in [0.2, 0.25) is 11.8 Å². The van der Waals surface area contributed by atoms with Gasteiger partial charge >= 0.3 is 0 Å². The number of carbonyl (C=O) groups is 2. The van der Waals surface area contributed by atoms with E-state index in [1.54, 1.807) is 0 Å². The molecule has 11 heteroatoms. The van der Waals surface area contributed by atoms with Gasteiger partial charge in [0, 0.05) is 55.8 Å². The molecule has 0 aromatic carbocycles. The number of hydrogen-bond donors (Lipinski definition) is 4. The van der Waals surface area contributed by atoms with Crippen molar-refractivity contribution in [2.24, 2.45) is 5.92 Å². The molecule has 0 radical (unpaired) electrons. The number of amides is 2. The standard InChI is InChI=1S/C10H19NO.C9H20N2.C9H19NO.C9H19N.C9H18O.C8H15NO2/c1-8(2)10(12)11-9-6-4-3-5-7-9;1-8(2)10-9-4-6-11(3)7-5-9;1-8(2)11-9-4-6-10(3)7-5-9;2*1-8(2)10-9-6-4-3-5-7-9;1-6(2)11-7-3-4-9-8(10)5-7/h8-9H,3-7H2,1-2H3,(H,11,12);8-10H,4-7H2,1-3H3;8-9H,4-7H2,1-3H3;8-10H,3-7H2,1-2H3;8-9H,3-7H2,1-2H3;6-7H,3-5H2,1-2H3,(H,9,10). The lowest BCUT2D eigenvalue weighted by atomic mass is 9.95. The highest BCUT2D eigenvalue weighted by Gasteiger charge is 2.21. The zero-order valence-electron chi connectivity index (χ0n) is 45.2. The van der Waals surface area contributed by atoms with Gasteiger partial charge in [-0.3, -0.25) is 9.59 Å². The van der Waals surface area contributed by atoms with Crippen LogP contribution in [-0.2, 0) is 23.8 Å². The van der Waals surface area contributed by atoms with Crippen molar-refractivity contribution in [1.29, 1.82) is 0 Å². The van der Waals surface area contributed by atoms with E-state index in [1.165, 1.54) is 148 Å². The van der Waals surface area contributed by atoms with Gasteiger partial charge in [-0.15, -0.1) is 0 Å². The number of carbonyl (C=O) groups excluding carboxylic acids is 2. The highest BCUT2D eigenvalue weighted by atomic mass is 16.5. The van der Waals surface area contributed by atoms with Gasteiger partial charge in [0.05, 0.1) is 43.0 Å². The average molecular weight is 924 g/mol. The highest BCUT2D eigenvalue weighted by Crippen LogP contribution is 2.22. The molecule has 386 valence electrons. The quantitative estimate of drug-likeness (QED) is 0.152. The maximum Gasteiger partial charge on any atom is 0.222 e. The monoisotopic (exact) mass is 923 g/mol. The molecule has 3 saturated carbocycles. The van der Waals surface area contributed by atoms with E-state index < -0.39 is 0 Å². The van der Waals surface area contributed by atoms with Gasteiger partial charge in [0.1, 0.15) is 0 Å². The molecule has 6 aliphatic rings. The van der Waals surface area contributed by atoms with E-state index in [0.29, 0.717) is 49.0 Å². The van der Waals surface area contributed by atoms with Crippen LogP contribution in [0.5, 0.6) is 0 Å². The first-order valence-electron chi connectivity index (χ1n) is 27.2. The van der Waals surface area contributed by atoms with Crippen LogP contribution >= 0.6 is 0 Å². The van der Waals surface area contributed by atoms with E-state index in [4.69, 9.17) is 14.2 Å². The van der Waals surface area contributed by atoms with Gasteiger partial charge in [-0.2, -0.15) is 0 Å². The van der Waals surface area contributed by atoms with E-state index in [1.807, 2.05) is 27.7 Å². The van der Waals surface area contributed by atoms with Crippen LogP contribution in [0.3, 0.4) is 0 Å². The molecule has 3 heterocycles. The van der Waals surface area contributed by atoms with Gasteiger partial charge in [-0.05, 0) is 139 Å². The van der Waals surface area contributed by atoms with Crippen LogP contribution in [0, 0.1) is 5.92 Å². The van der Waals surface area contributed by atoms with Crippen LogP contribution in [0.1, 0.15) is 218 Å². The number of nitrogens with one attached hydrogen (secondary N) is 4. The van der Waals surface area contributed by atoms with Gasteiger partial charge in [-0.25, -0.2) is 0 Å². The first-order valence-corrected chi connectivity index (χ1v) is 27.2. The Morgan fingerprint density at radius 2 is 0.862 bits per heavy atom. The van der Waals surface area contributed by atoms with E-state index in [0.717, 1.165) is 25.0 Å². The van der Waals surface area contributed by atoms with Gasteiger partial charge in [0.15, 0.2) is 0 Å². The van der Waals surface area contributed by atoms with E-state index in [-0.39, 0.29) is 29.9 Å². The number of piperidine rings is 3. The number of ether oxygens (including phenoxy) is 3. The molecule has 3 aliphatic heterocycles. The van der Waals surface area contributed by atoms with Crippen LogP contribution in [0.25, 0.3) is 0 Å². The van der Waals surface area contributed by atoms with Crippen molar-refractivity contribution < 1.29 is 23.8 Å². The van der Waals surface area contributed by atoms with Crippen LogP contribution in [0.2, 0.25) is 0 Å². The molecular formula is C54H110N6O5. The second-order valence-electron chi connectivity index (χ2n) is 21.8. The van der Waals surface area contributed by atoms with Gasteiger partial charge in [-0.1, -0.05) is 99.3 Å². The minimum absolute atomic E-state index is 0.113. The van der Waals surface area contributed by atoms with Crippen molar-refractivity contribution in [3.63, 3.8) is 0 Å². The fraction of sp³-hybridized carbons (Fsp3) is 0.963. The number of likely N-dealkylation sites (tertiary alicyclic amines) is 2. The van der Waals surface area contributed by atoms with E-state index >= 15 is 0 Å². The molecule has 65 heavy (non-hydrogen) atoms. The Kier molecular flexibility index (Phi) is 35.6. The summed E-state index contributed by atoms with van der Waals surface area (Å²) in [6.07, 6.45) is 28.9. The normalized spacial score (nSPS) is 22.4.